The molecular formula is C18H23FN4O3. The molecule has 2 heterocycles. The molecule has 0 radical (unpaired) electrons. The number of benzene rings is 1. The minimum atomic E-state index is -0.560. The van der Waals surface area contributed by atoms with Crippen molar-refractivity contribution in [1.29, 1.82) is 0 Å². The normalized spacial score (nSPS) is 20.7. The van der Waals surface area contributed by atoms with E-state index in [0.717, 1.165) is 19.3 Å². The van der Waals surface area contributed by atoms with Crippen molar-refractivity contribution in [1.82, 2.24) is 15.2 Å². The predicted octanol–water partition coefficient (Wildman–Crippen LogP) is 0.606. The molecule has 1 atom stereocenters. The Morgan fingerprint density at radius 3 is 2.69 bits per heavy atom. The highest BCUT2D eigenvalue weighted by molar-refractivity contribution is 6.05. The lowest BCUT2D eigenvalue weighted by molar-refractivity contribution is -0.138. The van der Waals surface area contributed by atoms with Gasteiger partial charge in [-0.15, -0.1) is 0 Å². The SMILES string of the molecule is NN1C(C(=O)NCc2ccc(F)cc2)=C(CO)C(=O)N2CCCCCC12. The number of halogens is 1. The van der Waals surface area contributed by atoms with Crippen LogP contribution in [0.1, 0.15) is 31.2 Å². The maximum atomic E-state index is 13.0. The van der Waals surface area contributed by atoms with Gasteiger partial charge in [0.2, 0.25) is 0 Å². The van der Waals surface area contributed by atoms with Gasteiger partial charge in [0.1, 0.15) is 17.7 Å². The first-order chi connectivity index (χ1) is 12.5. The molecule has 140 valence electrons. The standard InChI is InChI=1S/C18H23FN4O3/c19-13-7-5-12(6-8-13)10-21-17(25)16-14(11-24)18(26)22-9-3-1-2-4-15(22)23(16)20/h5-8,15,24H,1-4,9-11,20H2,(H,21,25). The van der Waals surface area contributed by atoms with Gasteiger partial charge >= 0.3 is 0 Å². The van der Waals surface area contributed by atoms with Crippen LogP contribution < -0.4 is 11.2 Å². The van der Waals surface area contributed by atoms with E-state index in [4.69, 9.17) is 5.84 Å². The lowest BCUT2D eigenvalue weighted by Gasteiger charge is -2.42. The lowest BCUT2D eigenvalue weighted by Crippen LogP contribution is -2.60. The molecule has 0 aliphatic carbocycles. The van der Waals surface area contributed by atoms with Crippen LogP contribution in [0.4, 0.5) is 4.39 Å². The summed E-state index contributed by atoms with van der Waals surface area (Å²) in [4.78, 5) is 27.0. The zero-order valence-corrected chi connectivity index (χ0v) is 14.4. The first-order valence-corrected chi connectivity index (χ1v) is 8.74. The number of nitrogens with one attached hydrogen (secondary N) is 1. The van der Waals surface area contributed by atoms with Crippen molar-refractivity contribution in [3.05, 3.63) is 46.9 Å². The van der Waals surface area contributed by atoms with Gasteiger partial charge in [-0.25, -0.2) is 10.2 Å². The third kappa shape index (κ3) is 3.56. The molecule has 0 saturated carbocycles. The van der Waals surface area contributed by atoms with Crippen LogP contribution in [0.5, 0.6) is 0 Å². The fourth-order valence-electron chi connectivity index (χ4n) is 3.46. The Hall–Kier alpha value is -2.45. The van der Waals surface area contributed by atoms with Crippen LogP contribution in [0.2, 0.25) is 0 Å². The number of fused-ring (bicyclic) bond motifs is 1. The van der Waals surface area contributed by atoms with Gasteiger partial charge in [0.25, 0.3) is 11.8 Å². The van der Waals surface area contributed by atoms with E-state index in [2.05, 4.69) is 5.32 Å². The van der Waals surface area contributed by atoms with Crippen molar-refractivity contribution in [2.45, 2.75) is 38.4 Å². The maximum absolute atomic E-state index is 13.0. The average Bonchev–Trinajstić information content (AvgIpc) is 2.90. The van der Waals surface area contributed by atoms with Crippen LogP contribution in [0.25, 0.3) is 0 Å². The third-order valence-electron chi connectivity index (χ3n) is 4.84. The number of hydrazine groups is 1. The summed E-state index contributed by atoms with van der Waals surface area (Å²) < 4.78 is 13.0. The van der Waals surface area contributed by atoms with E-state index in [9.17, 15) is 19.1 Å². The number of aliphatic hydroxyl groups is 1. The molecular weight excluding hydrogens is 339 g/mol. The van der Waals surface area contributed by atoms with Gasteiger partial charge in [-0.3, -0.25) is 14.6 Å². The van der Waals surface area contributed by atoms with Gasteiger partial charge in [0.05, 0.1) is 12.2 Å². The molecule has 7 nitrogen and oxygen atoms in total. The summed E-state index contributed by atoms with van der Waals surface area (Å²) in [6.45, 7) is 0.165. The fourth-order valence-corrected chi connectivity index (χ4v) is 3.46. The average molecular weight is 362 g/mol. The summed E-state index contributed by atoms with van der Waals surface area (Å²) in [5.74, 6) is 4.96. The van der Waals surface area contributed by atoms with Crippen molar-refractivity contribution in [3.63, 3.8) is 0 Å². The first-order valence-electron chi connectivity index (χ1n) is 8.74. The minimum absolute atomic E-state index is 0.00209. The highest BCUT2D eigenvalue weighted by Crippen LogP contribution is 2.28. The summed E-state index contributed by atoms with van der Waals surface area (Å²) in [6, 6.07) is 5.75. The Labute approximate surface area is 151 Å². The smallest absolute Gasteiger partial charge is 0.269 e. The van der Waals surface area contributed by atoms with Crippen LogP contribution in [0, 0.1) is 5.82 Å². The largest absolute Gasteiger partial charge is 0.391 e. The Morgan fingerprint density at radius 2 is 2.00 bits per heavy atom. The second-order valence-corrected chi connectivity index (χ2v) is 6.53. The number of carbonyl (C=O) groups is 2. The molecule has 0 spiro atoms. The Bertz CT molecular complexity index is 720. The van der Waals surface area contributed by atoms with Crippen LogP contribution in [-0.2, 0) is 16.1 Å². The number of aliphatic hydroxyl groups excluding tert-OH is 1. The van der Waals surface area contributed by atoms with Crippen LogP contribution in [0.15, 0.2) is 35.5 Å². The van der Waals surface area contributed by atoms with Gasteiger partial charge in [0.15, 0.2) is 0 Å². The summed E-state index contributed by atoms with van der Waals surface area (Å²) >= 11 is 0. The van der Waals surface area contributed by atoms with Gasteiger partial charge in [-0.1, -0.05) is 18.6 Å². The first kappa shape index (κ1) is 18.3. The number of amides is 2. The Balaban J connectivity index is 1.81. The quantitative estimate of drug-likeness (QED) is 0.682. The molecule has 8 heteroatoms. The Kier molecular flexibility index (Phi) is 5.53. The number of hydrogen-bond acceptors (Lipinski definition) is 5. The van der Waals surface area contributed by atoms with E-state index in [-0.39, 0.29) is 35.7 Å². The van der Waals surface area contributed by atoms with Crippen LogP contribution >= 0.6 is 0 Å². The number of rotatable bonds is 4. The van der Waals surface area contributed by atoms with E-state index in [1.54, 1.807) is 17.0 Å². The van der Waals surface area contributed by atoms with Crippen molar-refractivity contribution in [2.75, 3.05) is 13.2 Å². The summed E-state index contributed by atoms with van der Waals surface area (Å²) in [7, 11) is 0. The molecule has 1 saturated heterocycles. The van der Waals surface area contributed by atoms with Gasteiger partial charge in [-0.2, -0.15) is 0 Å². The minimum Gasteiger partial charge on any atom is -0.391 e. The monoisotopic (exact) mass is 362 g/mol. The number of hydrogen-bond donors (Lipinski definition) is 3. The molecule has 2 amide bonds. The molecule has 26 heavy (non-hydrogen) atoms. The molecule has 1 aromatic carbocycles. The number of carbonyl (C=O) groups excluding carboxylic acids is 2. The molecule has 1 fully saturated rings. The van der Waals surface area contributed by atoms with E-state index in [0.29, 0.717) is 18.5 Å². The highest BCUT2D eigenvalue weighted by atomic mass is 19.1. The molecule has 2 aliphatic rings. The van der Waals surface area contributed by atoms with E-state index in [1.165, 1.54) is 17.1 Å². The van der Waals surface area contributed by atoms with E-state index < -0.39 is 12.5 Å². The summed E-state index contributed by atoms with van der Waals surface area (Å²) in [6.07, 6.45) is 3.08. The van der Waals surface area contributed by atoms with E-state index in [1.807, 2.05) is 0 Å². The summed E-state index contributed by atoms with van der Waals surface area (Å²) in [5.41, 5.74) is 0.720. The predicted molar refractivity (Wildman–Crippen MR) is 92.4 cm³/mol. The van der Waals surface area contributed by atoms with Crippen LogP contribution in [-0.4, -0.2) is 46.1 Å². The maximum Gasteiger partial charge on any atom is 0.269 e. The molecule has 2 aliphatic heterocycles. The third-order valence-corrected chi connectivity index (χ3v) is 4.84. The van der Waals surface area contributed by atoms with Crippen molar-refractivity contribution >= 4 is 11.8 Å². The molecule has 0 aromatic heterocycles. The highest BCUT2D eigenvalue weighted by Gasteiger charge is 2.40. The fraction of sp³-hybridized carbons (Fsp3) is 0.444. The van der Waals surface area contributed by atoms with Crippen molar-refractivity contribution < 1.29 is 19.1 Å². The Morgan fingerprint density at radius 1 is 1.27 bits per heavy atom. The summed E-state index contributed by atoms with van der Waals surface area (Å²) in [5, 5.41) is 13.7. The second kappa shape index (κ2) is 7.84. The van der Waals surface area contributed by atoms with Crippen LogP contribution in [0.3, 0.4) is 0 Å². The lowest BCUT2D eigenvalue weighted by atomic mass is 10.1. The van der Waals surface area contributed by atoms with E-state index >= 15 is 0 Å². The number of nitrogens with two attached hydrogens (primary N) is 1. The molecule has 1 unspecified atom stereocenters. The topological polar surface area (TPSA) is 98.9 Å². The zero-order valence-electron chi connectivity index (χ0n) is 14.4. The molecule has 3 rings (SSSR count). The molecule has 1 aromatic rings. The second-order valence-electron chi connectivity index (χ2n) is 6.53. The van der Waals surface area contributed by atoms with Crippen molar-refractivity contribution in [3.8, 4) is 0 Å². The van der Waals surface area contributed by atoms with Gasteiger partial charge < -0.3 is 15.3 Å². The van der Waals surface area contributed by atoms with Gasteiger partial charge in [0, 0.05) is 13.1 Å². The van der Waals surface area contributed by atoms with Gasteiger partial charge in [-0.05, 0) is 37.0 Å². The number of nitrogens with zero attached hydrogens (tertiary/aromatic N) is 2. The molecule has 4 N–H and O–H groups in total. The molecule has 0 bridgehead atoms. The van der Waals surface area contributed by atoms with Crippen molar-refractivity contribution in [2.24, 2.45) is 5.84 Å². The zero-order chi connectivity index (χ0) is 18.7.